The molecule has 2 saturated heterocycles. The molecule has 164 valence electrons. The number of nitrogens with zero attached hydrogens (tertiary/aromatic N) is 3. The normalized spacial score (nSPS) is 17.7. The molecule has 0 radical (unpaired) electrons. The third-order valence-corrected chi connectivity index (χ3v) is 6.67. The van der Waals surface area contributed by atoms with Crippen molar-refractivity contribution >= 4 is 29.5 Å². The van der Waals surface area contributed by atoms with E-state index in [-0.39, 0.29) is 17.7 Å². The van der Waals surface area contributed by atoms with Gasteiger partial charge in [-0.1, -0.05) is 30.3 Å². The van der Waals surface area contributed by atoms with E-state index in [1.54, 1.807) is 9.80 Å². The third kappa shape index (κ3) is 5.55. The molecule has 2 heterocycles. The van der Waals surface area contributed by atoms with Crippen molar-refractivity contribution in [2.24, 2.45) is 0 Å². The lowest BCUT2D eigenvalue weighted by Gasteiger charge is -2.38. The van der Waals surface area contributed by atoms with Crippen LogP contribution < -0.4 is 0 Å². The lowest BCUT2D eigenvalue weighted by molar-refractivity contribution is -0.141. The predicted molar refractivity (Wildman–Crippen MR) is 117 cm³/mol. The Bertz CT molecular complexity index is 742. The highest BCUT2D eigenvalue weighted by atomic mass is 32.2. The molecular formula is C22H31N3O4S. The molecule has 3 amide bonds. The molecule has 3 rings (SSSR count). The van der Waals surface area contributed by atoms with Gasteiger partial charge in [-0.15, -0.1) is 11.8 Å². The second-order valence-corrected chi connectivity index (χ2v) is 9.14. The molecular weight excluding hydrogens is 402 g/mol. The number of thioether (sulfide) groups is 1. The van der Waals surface area contributed by atoms with E-state index in [1.807, 2.05) is 49.1 Å². The summed E-state index contributed by atoms with van der Waals surface area (Å²) in [5.74, 6) is 0.791. The number of piperazine rings is 1. The molecule has 0 unspecified atom stereocenters. The molecule has 0 atom stereocenters. The van der Waals surface area contributed by atoms with Crippen molar-refractivity contribution in [2.75, 3.05) is 64.0 Å². The Balaban J connectivity index is 1.41. The van der Waals surface area contributed by atoms with Gasteiger partial charge >= 0.3 is 0 Å². The maximum Gasteiger partial charge on any atom is 0.232 e. The maximum atomic E-state index is 13.1. The van der Waals surface area contributed by atoms with Gasteiger partial charge < -0.3 is 19.4 Å². The van der Waals surface area contributed by atoms with Crippen LogP contribution in [-0.4, -0.2) is 96.4 Å². The molecule has 0 aromatic heterocycles. The molecule has 0 saturated carbocycles. The van der Waals surface area contributed by atoms with Crippen LogP contribution in [0.3, 0.4) is 0 Å². The zero-order chi connectivity index (χ0) is 21.6. The number of amides is 3. The molecule has 0 aliphatic carbocycles. The molecule has 1 aromatic rings. The first-order valence-corrected chi connectivity index (χ1v) is 11.6. The van der Waals surface area contributed by atoms with Gasteiger partial charge in [-0.05, 0) is 19.4 Å². The Morgan fingerprint density at radius 3 is 1.90 bits per heavy atom. The lowest BCUT2D eigenvalue weighted by atomic mass is 9.83. The van der Waals surface area contributed by atoms with Gasteiger partial charge in [0.05, 0.1) is 30.1 Å². The minimum Gasteiger partial charge on any atom is -0.378 e. The van der Waals surface area contributed by atoms with Gasteiger partial charge in [0, 0.05) is 39.3 Å². The Morgan fingerprint density at radius 1 is 0.833 bits per heavy atom. The fourth-order valence-electron chi connectivity index (χ4n) is 3.75. The second kappa shape index (κ2) is 10.3. The van der Waals surface area contributed by atoms with Crippen molar-refractivity contribution in [3.63, 3.8) is 0 Å². The highest BCUT2D eigenvalue weighted by Gasteiger charge is 2.35. The Morgan fingerprint density at radius 2 is 1.33 bits per heavy atom. The molecule has 2 aliphatic rings. The van der Waals surface area contributed by atoms with Crippen LogP contribution in [0.2, 0.25) is 0 Å². The van der Waals surface area contributed by atoms with Crippen LogP contribution in [0.5, 0.6) is 0 Å². The number of rotatable bonds is 6. The van der Waals surface area contributed by atoms with E-state index in [2.05, 4.69) is 0 Å². The van der Waals surface area contributed by atoms with E-state index in [4.69, 9.17) is 4.74 Å². The van der Waals surface area contributed by atoms with Crippen molar-refractivity contribution in [3.05, 3.63) is 35.9 Å². The summed E-state index contributed by atoms with van der Waals surface area (Å²) in [4.78, 5) is 43.2. The van der Waals surface area contributed by atoms with Crippen LogP contribution in [0, 0.1) is 0 Å². The summed E-state index contributed by atoms with van der Waals surface area (Å²) in [6, 6.07) is 9.80. The van der Waals surface area contributed by atoms with E-state index >= 15 is 0 Å². The Hall–Kier alpha value is -2.06. The van der Waals surface area contributed by atoms with E-state index in [1.165, 1.54) is 11.8 Å². The number of benzene rings is 1. The number of carbonyl (C=O) groups is 3. The molecule has 30 heavy (non-hydrogen) atoms. The minimum atomic E-state index is -0.594. The van der Waals surface area contributed by atoms with Gasteiger partial charge in [0.15, 0.2) is 0 Å². The van der Waals surface area contributed by atoms with Crippen molar-refractivity contribution in [1.29, 1.82) is 0 Å². The topological polar surface area (TPSA) is 70.2 Å². The molecule has 2 fully saturated rings. The van der Waals surface area contributed by atoms with Crippen LogP contribution >= 0.6 is 11.8 Å². The number of carbonyl (C=O) groups excluding carboxylic acids is 3. The van der Waals surface area contributed by atoms with Gasteiger partial charge in [0.1, 0.15) is 0 Å². The summed E-state index contributed by atoms with van der Waals surface area (Å²) in [5.41, 5.74) is 0.401. The fourth-order valence-corrected chi connectivity index (χ4v) is 4.57. The highest BCUT2D eigenvalue weighted by molar-refractivity contribution is 8.00. The first-order chi connectivity index (χ1) is 14.4. The monoisotopic (exact) mass is 433 g/mol. The standard InChI is InChI=1S/C22H31N3O4S/c1-22(2,18-6-4-3-5-7-18)21(28)25-10-8-23(9-11-25)19(26)16-30-17-20(27)24-12-14-29-15-13-24/h3-7H,8-17H2,1-2H3. The van der Waals surface area contributed by atoms with Crippen LogP contribution in [0.25, 0.3) is 0 Å². The zero-order valence-corrected chi connectivity index (χ0v) is 18.7. The first kappa shape index (κ1) is 22.6. The minimum absolute atomic E-state index is 0.0317. The van der Waals surface area contributed by atoms with Gasteiger partial charge in [-0.3, -0.25) is 14.4 Å². The van der Waals surface area contributed by atoms with Crippen molar-refractivity contribution in [3.8, 4) is 0 Å². The summed E-state index contributed by atoms with van der Waals surface area (Å²) in [5, 5.41) is 0. The fraction of sp³-hybridized carbons (Fsp3) is 0.591. The quantitative estimate of drug-likeness (QED) is 0.675. The summed E-state index contributed by atoms with van der Waals surface area (Å²) >= 11 is 1.36. The smallest absolute Gasteiger partial charge is 0.232 e. The van der Waals surface area contributed by atoms with Gasteiger partial charge in [-0.2, -0.15) is 0 Å². The molecule has 8 heteroatoms. The van der Waals surface area contributed by atoms with Crippen molar-refractivity contribution < 1.29 is 19.1 Å². The van der Waals surface area contributed by atoms with Crippen LogP contribution in [0.15, 0.2) is 30.3 Å². The second-order valence-electron chi connectivity index (χ2n) is 8.15. The average molecular weight is 434 g/mol. The molecule has 1 aromatic carbocycles. The van der Waals surface area contributed by atoms with E-state index in [9.17, 15) is 14.4 Å². The van der Waals surface area contributed by atoms with Crippen molar-refractivity contribution in [1.82, 2.24) is 14.7 Å². The average Bonchev–Trinajstić information content (AvgIpc) is 2.79. The number of ether oxygens (including phenoxy) is 1. The third-order valence-electron chi connectivity index (χ3n) is 5.76. The summed E-state index contributed by atoms with van der Waals surface area (Å²) in [7, 11) is 0. The van der Waals surface area contributed by atoms with Gasteiger partial charge in [-0.25, -0.2) is 0 Å². The SMILES string of the molecule is CC(C)(C(=O)N1CCN(C(=O)CSCC(=O)N2CCOCC2)CC1)c1ccccc1. The van der Waals surface area contributed by atoms with E-state index in [0.717, 1.165) is 5.56 Å². The van der Waals surface area contributed by atoms with E-state index < -0.39 is 5.41 Å². The summed E-state index contributed by atoms with van der Waals surface area (Å²) in [6.45, 7) is 8.47. The lowest BCUT2D eigenvalue weighted by Crippen LogP contribution is -2.54. The molecule has 0 spiro atoms. The van der Waals surface area contributed by atoms with Gasteiger partial charge in [0.25, 0.3) is 0 Å². The maximum absolute atomic E-state index is 13.1. The van der Waals surface area contributed by atoms with Crippen molar-refractivity contribution in [2.45, 2.75) is 19.3 Å². The van der Waals surface area contributed by atoms with E-state index in [0.29, 0.717) is 64.0 Å². The van der Waals surface area contributed by atoms with Crippen LogP contribution in [0.4, 0.5) is 0 Å². The number of morpholine rings is 1. The summed E-state index contributed by atoms with van der Waals surface area (Å²) < 4.78 is 5.25. The summed E-state index contributed by atoms with van der Waals surface area (Å²) in [6.07, 6.45) is 0. The first-order valence-electron chi connectivity index (χ1n) is 10.5. The zero-order valence-electron chi connectivity index (χ0n) is 17.8. The molecule has 0 N–H and O–H groups in total. The number of hydrogen-bond donors (Lipinski definition) is 0. The number of hydrogen-bond acceptors (Lipinski definition) is 5. The predicted octanol–water partition coefficient (Wildman–Crippen LogP) is 1.23. The van der Waals surface area contributed by atoms with Crippen LogP contribution in [0.1, 0.15) is 19.4 Å². The Kier molecular flexibility index (Phi) is 7.77. The molecule has 2 aliphatic heterocycles. The largest absolute Gasteiger partial charge is 0.378 e. The highest BCUT2D eigenvalue weighted by Crippen LogP contribution is 2.26. The molecule has 7 nitrogen and oxygen atoms in total. The van der Waals surface area contributed by atoms with Crippen LogP contribution in [-0.2, 0) is 24.5 Å². The molecule has 0 bridgehead atoms. The Labute approximate surface area is 182 Å². The van der Waals surface area contributed by atoms with Gasteiger partial charge in [0.2, 0.25) is 17.7 Å².